The van der Waals surface area contributed by atoms with Gasteiger partial charge in [0, 0.05) is 12.2 Å². The van der Waals surface area contributed by atoms with Gasteiger partial charge in [-0.15, -0.1) is 0 Å². The molecule has 3 heteroatoms. The second-order valence-electron chi connectivity index (χ2n) is 3.08. The molecule has 1 heterocycles. The summed E-state index contributed by atoms with van der Waals surface area (Å²) in [6.07, 6.45) is 3.48. The van der Waals surface area contributed by atoms with Crippen LogP contribution in [0.2, 0.25) is 0 Å². The molecule has 1 rings (SSSR count). The SMILES string of the molecule is CCc1nn(C(C)C)cc1C=O. The van der Waals surface area contributed by atoms with Crippen molar-refractivity contribution in [1.82, 2.24) is 9.78 Å². The van der Waals surface area contributed by atoms with Crippen LogP contribution in [0.15, 0.2) is 6.20 Å². The van der Waals surface area contributed by atoms with Gasteiger partial charge in [-0.05, 0) is 20.3 Å². The summed E-state index contributed by atoms with van der Waals surface area (Å²) in [6.45, 7) is 6.09. The smallest absolute Gasteiger partial charge is 0.153 e. The van der Waals surface area contributed by atoms with E-state index in [9.17, 15) is 4.79 Å². The van der Waals surface area contributed by atoms with E-state index >= 15 is 0 Å². The fraction of sp³-hybridized carbons (Fsp3) is 0.556. The Hall–Kier alpha value is -1.12. The normalized spacial score (nSPS) is 10.7. The maximum absolute atomic E-state index is 10.6. The first-order valence-corrected chi connectivity index (χ1v) is 4.22. The molecule has 1 aromatic heterocycles. The summed E-state index contributed by atoms with van der Waals surface area (Å²) in [7, 11) is 0. The molecule has 0 spiro atoms. The fourth-order valence-corrected chi connectivity index (χ4v) is 1.08. The Morgan fingerprint density at radius 2 is 2.33 bits per heavy atom. The van der Waals surface area contributed by atoms with Crippen LogP contribution in [0.1, 0.15) is 42.9 Å². The molecule has 0 aliphatic carbocycles. The highest BCUT2D eigenvalue weighted by Crippen LogP contribution is 2.09. The quantitative estimate of drug-likeness (QED) is 0.642. The van der Waals surface area contributed by atoms with Crippen molar-refractivity contribution in [3.63, 3.8) is 0 Å². The minimum absolute atomic E-state index is 0.323. The van der Waals surface area contributed by atoms with Crippen LogP contribution in [0.4, 0.5) is 0 Å². The van der Waals surface area contributed by atoms with Crippen LogP contribution in [0, 0.1) is 0 Å². The van der Waals surface area contributed by atoms with E-state index in [2.05, 4.69) is 5.10 Å². The van der Waals surface area contributed by atoms with Crippen molar-refractivity contribution < 1.29 is 4.79 Å². The molecule has 0 bridgehead atoms. The molecule has 0 unspecified atom stereocenters. The summed E-state index contributed by atoms with van der Waals surface area (Å²) in [6, 6.07) is 0.323. The molecule has 0 atom stereocenters. The molecule has 12 heavy (non-hydrogen) atoms. The van der Waals surface area contributed by atoms with Crippen molar-refractivity contribution in [2.75, 3.05) is 0 Å². The number of nitrogens with zero attached hydrogens (tertiary/aromatic N) is 2. The van der Waals surface area contributed by atoms with Gasteiger partial charge >= 0.3 is 0 Å². The lowest BCUT2D eigenvalue weighted by atomic mass is 10.2. The monoisotopic (exact) mass is 166 g/mol. The largest absolute Gasteiger partial charge is 0.298 e. The summed E-state index contributed by atoms with van der Waals surface area (Å²) in [4.78, 5) is 10.6. The Labute approximate surface area is 72.4 Å². The van der Waals surface area contributed by atoms with Gasteiger partial charge in [0.25, 0.3) is 0 Å². The third kappa shape index (κ3) is 1.55. The second-order valence-corrected chi connectivity index (χ2v) is 3.08. The molecule has 0 radical (unpaired) electrons. The van der Waals surface area contributed by atoms with E-state index in [1.165, 1.54) is 0 Å². The molecular weight excluding hydrogens is 152 g/mol. The number of hydrogen-bond acceptors (Lipinski definition) is 2. The first kappa shape index (κ1) is 8.97. The molecule has 66 valence electrons. The van der Waals surface area contributed by atoms with Crippen molar-refractivity contribution >= 4 is 6.29 Å². The average molecular weight is 166 g/mol. The molecule has 0 N–H and O–H groups in total. The molecule has 0 saturated heterocycles. The van der Waals surface area contributed by atoms with Crippen molar-refractivity contribution in [1.29, 1.82) is 0 Å². The van der Waals surface area contributed by atoms with E-state index in [-0.39, 0.29) is 0 Å². The van der Waals surface area contributed by atoms with Crippen LogP contribution in [-0.2, 0) is 6.42 Å². The van der Waals surface area contributed by atoms with Crippen LogP contribution < -0.4 is 0 Å². The molecule has 0 aliphatic heterocycles. The van der Waals surface area contributed by atoms with Crippen molar-refractivity contribution in [2.45, 2.75) is 33.2 Å². The number of carbonyl (C=O) groups excluding carboxylic acids is 1. The molecular formula is C9H14N2O. The van der Waals surface area contributed by atoms with Crippen molar-refractivity contribution in [3.8, 4) is 0 Å². The number of aldehydes is 1. The van der Waals surface area contributed by atoms with Crippen molar-refractivity contribution in [2.24, 2.45) is 0 Å². The predicted molar refractivity (Wildman–Crippen MR) is 47.4 cm³/mol. The van der Waals surface area contributed by atoms with Gasteiger partial charge in [-0.25, -0.2) is 0 Å². The average Bonchev–Trinajstić information content (AvgIpc) is 2.46. The van der Waals surface area contributed by atoms with Gasteiger partial charge in [0.05, 0.1) is 11.3 Å². The zero-order valence-corrected chi connectivity index (χ0v) is 7.74. The zero-order valence-electron chi connectivity index (χ0n) is 7.74. The third-order valence-corrected chi connectivity index (χ3v) is 1.83. The summed E-state index contributed by atoms with van der Waals surface area (Å²) in [5, 5.41) is 4.28. The van der Waals surface area contributed by atoms with E-state index in [0.717, 1.165) is 18.4 Å². The van der Waals surface area contributed by atoms with Gasteiger partial charge in [0.2, 0.25) is 0 Å². The number of hydrogen-bond donors (Lipinski definition) is 0. The third-order valence-electron chi connectivity index (χ3n) is 1.83. The van der Waals surface area contributed by atoms with Gasteiger partial charge in [0.1, 0.15) is 0 Å². The van der Waals surface area contributed by atoms with Crippen LogP contribution >= 0.6 is 0 Å². The Kier molecular flexibility index (Phi) is 2.63. The molecule has 0 saturated carbocycles. The predicted octanol–water partition coefficient (Wildman–Crippen LogP) is 1.84. The lowest BCUT2D eigenvalue weighted by molar-refractivity contribution is 0.112. The summed E-state index contributed by atoms with van der Waals surface area (Å²) in [5.74, 6) is 0. The van der Waals surface area contributed by atoms with Gasteiger partial charge in [-0.2, -0.15) is 5.10 Å². The highest BCUT2D eigenvalue weighted by molar-refractivity contribution is 5.75. The van der Waals surface area contributed by atoms with Gasteiger partial charge in [-0.3, -0.25) is 9.48 Å². The first-order valence-electron chi connectivity index (χ1n) is 4.22. The van der Waals surface area contributed by atoms with Gasteiger partial charge < -0.3 is 0 Å². The molecule has 0 aromatic carbocycles. The maximum Gasteiger partial charge on any atom is 0.153 e. The summed E-state index contributed by atoms with van der Waals surface area (Å²) < 4.78 is 1.82. The van der Waals surface area contributed by atoms with E-state index in [4.69, 9.17) is 0 Å². The fourth-order valence-electron chi connectivity index (χ4n) is 1.08. The molecule has 0 amide bonds. The number of rotatable bonds is 3. The topological polar surface area (TPSA) is 34.9 Å². The molecule has 0 aliphatic rings. The van der Waals surface area contributed by atoms with E-state index in [1.54, 1.807) is 6.20 Å². The zero-order chi connectivity index (χ0) is 9.14. The Morgan fingerprint density at radius 3 is 2.67 bits per heavy atom. The highest BCUT2D eigenvalue weighted by Gasteiger charge is 2.07. The van der Waals surface area contributed by atoms with Crippen LogP contribution in [0.3, 0.4) is 0 Å². The number of aromatic nitrogens is 2. The highest BCUT2D eigenvalue weighted by atomic mass is 16.1. The lowest BCUT2D eigenvalue weighted by Crippen LogP contribution is -2.01. The second kappa shape index (κ2) is 3.52. The van der Waals surface area contributed by atoms with Gasteiger partial charge in [0.15, 0.2) is 6.29 Å². The Morgan fingerprint density at radius 1 is 1.67 bits per heavy atom. The van der Waals surface area contributed by atoms with Gasteiger partial charge in [-0.1, -0.05) is 6.92 Å². The van der Waals surface area contributed by atoms with E-state index in [0.29, 0.717) is 11.6 Å². The lowest BCUT2D eigenvalue weighted by Gasteiger charge is -2.02. The Balaban J connectivity index is 3.05. The van der Waals surface area contributed by atoms with Crippen LogP contribution in [0.5, 0.6) is 0 Å². The number of aryl methyl sites for hydroxylation is 1. The maximum atomic E-state index is 10.6. The Bertz CT molecular complexity index is 276. The molecule has 1 aromatic rings. The molecule has 0 fully saturated rings. The van der Waals surface area contributed by atoms with Crippen LogP contribution in [0.25, 0.3) is 0 Å². The summed E-state index contributed by atoms with van der Waals surface area (Å²) in [5.41, 5.74) is 1.60. The van der Waals surface area contributed by atoms with E-state index in [1.807, 2.05) is 25.5 Å². The number of carbonyl (C=O) groups is 1. The van der Waals surface area contributed by atoms with Crippen LogP contribution in [-0.4, -0.2) is 16.1 Å². The minimum atomic E-state index is 0.323. The standard InChI is InChI=1S/C9H14N2O/c1-4-9-8(6-12)5-11(10-9)7(2)3/h5-7H,4H2,1-3H3. The molecule has 3 nitrogen and oxygen atoms in total. The summed E-state index contributed by atoms with van der Waals surface area (Å²) >= 11 is 0. The van der Waals surface area contributed by atoms with E-state index < -0.39 is 0 Å². The van der Waals surface area contributed by atoms with Crippen molar-refractivity contribution in [3.05, 3.63) is 17.5 Å². The first-order chi connectivity index (χ1) is 5.69. The minimum Gasteiger partial charge on any atom is -0.298 e.